The van der Waals surface area contributed by atoms with Crippen LogP contribution in [0.2, 0.25) is 0 Å². The number of halogens is 2. The molecule has 2 N–H and O–H groups in total. The maximum atomic E-state index is 13.2. The van der Waals surface area contributed by atoms with Gasteiger partial charge in [-0.15, -0.1) is 0 Å². The fraction of sp³-hybridized carbons (Fsp3) is 0.294. The maximum absolute atomic E-state index is 13.2. The van der Waals surface area contributed by atoms with E-state index in [9.17, 15) is 8.78 Å². The summed E-state index contributed by atoms with van der Waals surface area (Å²) in [5, 5.41) is 0. The Morgan fingerprint density at radius 2 is 1.86 bits per heavy atom. The average Bonchev–Trinajstić information content (AvgIpc) is 2.46. The summed E-state index contributed by atoms with van der Waals surface area (Å²) >= 11 is 0. The Morgan fingerprint density at radius 1 is 1.10 bits per heavy atom. The minimum atomic E-state index is -0.922. The van der Waals surface area contributed by atoms with Crippen LogP contribution in [0.15, 0.2) is 36.4 Å². The van der Waals surface area contributed by atoms with Gasteiger partial charge in [0.1, 0.15) is 11.5 Å². The Kier molecular flexibility index (Phi) is 4.91. The number of hydrogen-bond acceptors (Lipinski definition) is 2. The molecule has 0 aromatic heterocycles. The van der Waals surface area contributed by atoms with Crippen molar-refractivity contribution in [2.24, 2.45) is 5.73 Å². The van der Waals surface area contributed by atoms with Crippen LogP contribution in [0, 0.1) is 18.6 Å². The van der Waals surface area contributed by atoms with E-state index in [1.165, 1.54) is 6.07 Å². The molecule has 0 saturated carbocycles. The monoisotopic (exact) mass is 291 g/mol. The molecule has 0 aliphatic carbocycles. The number of benzene rings is 2. The highest BCUT2D eigenvalue weighted by Gasteiger charge is 2.08. The van der Waals surface area contributed by atoms with Gasteiger partial charge in [-0.2, -0.15) is 0 Å². The third kappa shape index (κ3) is 4.02. The molecule has 1 atom stereocenters. The highest BCUT2D eigenvalue weighted by atomic mass is 19.2. The Labute approximate surface area is 123 Å². The topological polar surface area (TPSA) is 35.2 Å². The van der Waals surface area contributed by atoms with Gasteiger partial charge in [-0.25, -0.2) is 8.78 Å². The van der Waals surface area contributed by atoms with Gasteiger partial charge in [0, 0.05) is 12.1 Å². The van der Waals surface area contributed by atoms with Crippen molar-refractivity contribution in [2.75, 3.05) is 0 Å². The predicted molar refractivity (Wildman–Crippen MR) is 79.6 cm³/mol. The second-order valence-corrected chi connectivity index (χ2v) is 5.15. The predicted octanol–water partition coefficient (Wildman–Crippen LogP) is 4.35. The van der Waals surface area contributed by atoms with Gasteiger partial charge in [0.2, 0.25) is 0 Å². The molecular weight excluding hydrogens is 272 g/mol. The van der Waals surface area contributed by atoms with E-state index < -0.39 is 11.6 Å². The Hall–Kier alpha value is -1.94. The quantitative estimate of drug-likeness (QED) is 0.889. The van der Waals surface area contributed by atoms with Crippen molar-refractivity contribution < 1.29 is 13.5 Å². The zero-order chi connectivity index (χ0) is 15.4. The smallest absolute Gasteiger partial charge is 0.162 e. The lowest BCUT2D eigenvalue weighted by Crippen LogP contribution is -2.21. The van der Waals surface area contributed by atoms with Crippen molar-refractivity contribution in [3.8, 4) is 11.5 Å². The molecule has 0 heterocycles. The molecule has 112 valence electrons. The molecule has 2 aromatic rings. The molecule has 2 aromatic carbocycles. The van der Waals surface area contributed by atoms with Crippen LogP contribution in [0.1, 0.15) is 24.5 Å². The van der Waals surface area contributed by atoms with Gasteiger partial charge >= 0.3 is 0 Å². The summed E-state index contributed by atoms with van der Waals surface area (Å²) < 4.78 is 31.8. The first-order valence-corrected chi connectivity index (χ1v) is 6.97. The molecule has 1 unspecified atom stereocenters. The van der Waals surface area contributed by atoms with E-state index in [0.29, 0.717) is 5.75 Å². The highest BCUT2D eigenvalue weighted by Crippen LogP contribution is 2.27. The van der Waals surface area contributed by atoms with Crippen molar-refractivity contribution in [1.82, 2.24) is 0 Å². The van der Waals surface area contributed by atoms with E-state index in [1.807, 2.05) is 32.0 Å². The molecule has 0 aliphatic heterocycles. The van der Waals surface area contributed by atoms with Crippen LogP contribution in [0.3, 0.4) is 0 Å². The Balaban J connectivity index is 2.22. The van der Waals surface area contributed by atoms with E-state index in [-0.39, 0.29) is 11.8 Å². The summed E-state index contributed by atoms with van der Waals surface area (Å²) in [6.45, 7) is 3.94. The number of ether oxygens (including phenoxy) is 1. The first-order chi connectivity index (χ1) is 9.99. The first kappa shape index (κ1) is 15.4. The summed E-state index contributed by atoms with van der Waals surface area (Å²) in [5.74, 6) is -0.910. The van der Waals surface area contributed by atoms with Crippen LogP contribution in [0.5, 0.6) is 11.5 Å². The van der Waals surface area contributed by atoms with Gasteiger partial charge in [0.05, 0.1) is 0 Å². The van der Waals surface area contributed by atoms with Crippen molar-refractivity contribution >= 4 is 0 Å². The molecule has 0 amide bonds. The van der Waals surface area contributed by atoms with Crippen LogP contribution >= 0.6 is 0 Å². The molecule has 0 aliphatic rings. The average molecular weight is 291 g/mol. The van der Waals surface area contributed by atoms with Gasteiger partial charge < -0.3 is 10.5 Å². The molecule has 4 heteroatoms. The van der Waals surface area contributed by atoms with E-state index in [0.717, 1.165) is 36.1 Å². The second-order valence-electron chi connectivity index (χ2n) is 5.15. The molecule has 2 rings (SSSR count). The molecule has 0 bridgehead atoms. The molecular formula is C17H19F2NO. The van der Waals surface area contributed by atoms with Crippen LogP contribution in [0.4, 0.5) is 8.78 Å². The number of rotatable bonds is 5. The molecule has 2 nitrogen and oxygen atoms in total. The van der Waals surface area contributed by atoms with Gasteiger partial charge in [-0.1, -0.05) is 19.1 Å². The number of aryl methyl sites for hydroxylation is 1. The molecule has 0 fully saturated rings. The summed E-state index contributed by atoms with van der Waals surface area (Å²) in [7, 11) is 0. The van der Waals surface area contributed by atoms with E-state index >= 15 is 0 Å². The second kappa shape index (κ2) is 6.68. The molecule has 0 radical (unpaired) electrons. The highest BCUT2D eigenvalue weighted by molar-refractivity contribution is 5.40. The summed E-state index contributed by atoms with van der Waals surface area (Å²) in [6, 6.07) is 9.43. The standard InChI is InChI=1S/C17H19F2NO/c1-3-13(20)8-12-5-4-11(2)17(9-12)21-14-6-7-15(18)16(19)10-14/h4-7,9-10,13H,3,8,20H2,1-2H3. The third-order valence-electron chi connectivity index (χ3n) is 3.39. The van der Waals surface area contributed by atoms with Gasteiger partial charge in [-0.3, -0.25) is 0 Å². The zero-order valence-electron chi connectivity index (χ0n) is 12.2. The van der Waals surface area contributed by atoms with Crippen molar-refractivity contribution in [2.45, 2.75) is 32.7 Å². The largest absolute Gasteiger partial charge is 0.457 e. The first-order valence-electron chi connectivity index (χ1n) is 6.97. The van der Waals surface area contributed by atoms with Gasteiger partial charge in [-0.05, 0) is 49.1 Å². The number of nitrogens with two attached hydrogens (primary N) is 1. The Morgan fingerprint density at radius 3 is 2.52 bits per heavy atom. The third-order valence-corrected chi connectivity index (χ3v) is 3.39. The summed E-state index contributed by atoms with van der Waals surface area (Å²) in [5.41, 5.74) is 7.94. The van der Waals surface area contributed by atoms with E-state index in [4.69, 9.17) is 10.5 Å². The lowest BCUT2D eigenvalue weighted by molar-refractivity contribution is 0.458. The molecule has 0 spiro atoms. The van der Waals surface area contributed by atoms with Crippen LogP contribution in [-0.4, -0.2) is 6.04 Å². The normalized spacial score (nSPS) is 12.2. The fourth-order valence-corrected chi connectivity index (χ4v) is 2.00. The van der Waals surface area contributed by atoms with Gasteiger partial charge in [0.25, 0.3) is 0 Å². The minimum Gasteiger partial charge on any atom is -0.457 e. The fourth-order valence-electron chi connectivity index (χ4n) is 2.00. The zero-order valence-corrected chi connectivity index (χ0v) is 12.2. The minimum absolute atomic E-state index is 0.101. The summed E-state index contributed by atoms with van der Waals surface area (Å²) in [6.07, 6.45) is 1.65. The van der Waals surface area contributed by atoms with E-state index in [2.05, 4.69) is 0 Å². The van der Waals surface area contributed by atoms with Crippen LogP contribution in [-0.2, 0) is 6.42 Å². The Bertz CT molecular complexity index is 628. The SMILES string of the molecule is CCC(N)Cc1ccc(C)c(Oc2ccc(F)c(F)c2)c1. The van der Waals surface area contributed by atoms with Crippen LogP contribution < -0.4 is 10.5 Å². The van der Waals surface area contributed by atoms with Crippen LogP contribution in [0.25, 0.3) is 0 Å². The van der Waals surface area contributed by atoms with E-state index in [1.54, 1.807) is 0 Å². The van der Waals surface area contributed by atoms with Gasteiger partial charge in [0.15, 0.2) is 11.6 Å². The van der Waals surface area contributed by atoms with Crippen molar-refractivity contribution in [3.05, 3.63) is 59.2 Å². The lowest BCUT2D eigenvalue weighted by Gasteiger charge is -2.13. The molecule has 0 saturated heterocycles. The number of hydrogen-bond donors (Lipinski definition) is 1. The van der Waals surface area contributed by atoms with Crippen molar-refractivity contribution in [3.63, 3.8) is 0 Å². The summed E-state index contributed by atoms with van der Waals surface area (Å²) in [4.78, 5) is 0. The van der Waals surface area contributed by atoms with Crippen molar-refractivity contribution in [1.29, 1.82) is 0 Å². The lowest BCUT2D eigenvalue weighted by atomic mass is 10.0. The maximum Gasteiger partial charge on any atom is 0.162 e. The molecule has 21 heavy (non-hydrogen) atoms.